The van der Waals surface area contributed by atoms with Gasteiger partial charge in [0.25, 0.3) is 6.43 Å². The number of rotatable bonds is 3. The number of pyridine rings is 1. The largest absolute Gasteiger partial charge is 0.324 e. The summed E-state index contributed by atoms with van der Waals surface area (Å²) >= 11 is 3.52. The van der Waals surface area contributed by atoms with E-state index in [1.165, 1.54) is 12.3 Å². The average molecular weight is 405 g/mol. The number of nitrogens with zero attached hydrogens (tertiary/aromatic N) is 4. The molecule has 0 amide bonds. The van der Waals surface area contributed by atoms with Gasteiger partial charge in [-0.3, -0.25) is 4.79 Å². The molecule has 0 saturated heterocycles. The summed E-state index contributed by atoms with van der Waals surface area (Å²) in [5.41, 5.74) is 2.89. The normalized spacial score (nSPS) is 13.5. The molecule has 0 bridgehead atoms. The topological polar surface area (TPSA) is 59.0 Å². The highest BCUT2D eigenvalue weighted by Gasteiger charge is 2.27. The Morgan fingerprint density at radius 2 is 2.12 bits per heavy atom. The molecule has 1 aliphatic rings. The third-order valence-electron chi connectivity index (χ3n) is 4.11. The molecule has 8 heteroatoms. The third kappa shape index (κ3) is 2.66. The molecular weight excluding hydrogens is 394 g/mol. The number of hydrogen-bond acceptors (Lipinski definition) is 5. The fourth-order valence-corrected chi connectivity index (χ4v) is 3.55. The number of carbonyl (C=O) groups excluding carboxylic acids is 1. The second-order valence-corrected chi connectivity index (χ2v) is 6.45. The van der Waals surface area contributed by atoms with Crippen LogP contribution < -0.4 is 4.90 Å². The highest BCUT2D eigenvalue weighted by atomic mass is 79.9. The van der Waals surface area contributed by atoms with Crippen molar-refractivity contribution in [2.24, 2.45) is 0 Å². The average Bonchev–Trinajstić information content (AvgIpc) is 3.05. The number of aldehydes is 1. The molecule has 0 aliphatic carbocycles. The lowest BCUT2D eigenvalue weighted by Gasteiger charge is -2.20. The molecule has 0 saturated carbocycles. The maximum absolute atomic E-state index is 13.3. The number of alkyl halides is 2. The van der Waals surface area contributed by atoms with Crippen LogP contribution in [0.3, 0.4) is 0 Å². The van der Waals surface area contributed by atoms with Crippen molar-refractivity contribution in [1.29, 1.82) is 0 Å². The van der Waals surface area contributed by atoms with Crippen molar-refractivity contribution < 1.29 is 13.6 Å². The number of carbonyl (C=O) groups is 1. The first-order chi connectivity index (χ1) is 12.1. The van der Waals surface area contributed by atoms with E-state index >= 15 is 0 Å². The second kappa shape index (κ2) is 6.11. The summed E-state index contributed by atoms with van der Waals surface area (Å²) in [6.45, 7) is 0.601. The van der Waals surface area contributed by atoms with Gasteiger partial charge in [0.15, 0.2) is 17.9 Å². The van der Waals surface area contributed by atoms with E-state index in [9.17, 15) is 13.6 Å². The molecule has 25 heavy (non-hydrogen) atoms. The standard InChI is InChI=1S/C17H11BrF2N4O/c18-11-2-1-3-13-10(11)4-5-24(13)17-14-12(6-9(8-25)7-21-14)22-16(23-17)15(19)20/h1-3,6-8,15H,4-5H2. The van der Waals surface area contributed by atoms with Crippen LogP contribution in [0.15, 0.2) is 34.9 Å². The summed E-state index contributed by atoms with van der Waals surface area (Å²) in [7, 11) is 0. The van der Waals surface area contributed by atoms with Gasteiger partial charge in [-0.1, -0.05) is 22.0 Å². The summed E-state index contributed by atoms with van der Waals surface area (Å²) < 4.78 is 27.5. The van der Waals surface area contributed by atoms with Crippen molar-refractivity contribution in [3.63, 3.8) is 0 Å². The predicted molar refractivity (Wildman–Crippen MR) is 92.5 cm³/mol. The van der Waals surface area contributed by atoms with Crippen molar-refractivity contribution in [3.05, 3.63) is 51.9 Å². The minimum atomic E-state index is -2.81. The van der Waals surface area contributed by atoms with E-state index in [4.69, 9.17) is 0 Å². The van der Waals surface area contributed by atoms with E-state index in [1.54, 1.807) is 0 Å². The smallest absolute Gasteiger partial charge is 0.297 e. The van der Waals surface area contributed by atoms with Gasteiger partial charge < -0.3 is 4.90 Å². The summed E-state index contributed by atoms with van der Waals surface area (Å²) in [6.07, 6.45) is -0.0491. The zero-order chi connectivity index (χ0) is 17.6. The van der Waals surface area contributed by atoms with Crippen LogP contribution in [-0.4, -0.2) is 27.8 Å². The molecule has 0 N–H and O–H groups in total. The Hall–Kier alpha value is -2.48. The number of fused-ring (bicyclic) bond motifs is 2. The molecule has 2 aromatic heterocycles. The van der Waals surface area contributed by atoms with E-state index < -0.39 is 12.2 Å². The Labute approximate surface area is 149 Å². The van der Waals surface area contributed by atoms with E-state index in [0.29, 0.717) is 24.2 Å². The van der Waals surface area contributed by atoms with Crippen LogP contribution in [0.25, 0.3) is 11.0 Å². The fourth-order valence-electron chi connectivity index (χ4n) is 3.00. The number of benzene rings is 1. The van der Waals surface area contributed by atoms with Crippen LogP contribution >= 0.6 is 15.9 Å². The van der Waals surface area contributed by atoms with Gasteiger partial charge in [0.1, 0.15) is 5.52 Å². The number of anilines is 2. The zero-order valence-electron chi connectivity index (χ0n) is 12.8. The molecule has 0 atom stereocenters. The summed E-state index contributed by atoms with van der Waals surface area (Å²) in [5.74, 6) is -0.245. The van der Waals surface area contributed by atoms with Gasteiger partial charge in [-0.15, -0.1) is 0 Å². The SMILES string of the molecule is O=Cc1cnc2c(N3CCc4c(Br)cccc43)nc(C(F)F)nc2c1. The monoisotopic (exact) mass is 404 g/mol. The molecular formula is C17H11BrF2N4O. The lowest BCUT2D eigenvalue weighted by Crippen LogP contribution is -2.17. The van der Waals surface area contributed by atoms with Crippen LogP contribution in [-0.2, 0) is 6.42 Å². The maximum atomic E-state index is 13.3. The molecule has 0 fully saturated rings. The molecule has 3 aromatic rings. The second-order valence-electron chi connectivity index (χ2n) is 5.60. The van der Waals surface area contributed by atoms with E-state index in [-0.39, 0.29) is 11.1 Å². The van der Waals surface area contributed by atoms with Gasteiger partial charge in [-0.25, -0.2) is 23.7 Å². The van der Waals surface area contributed by atoms with Crippen molar-refractivity contribution >= 4 is 44.8 Å². The van der Waals surface area contributed by atoms with Crippen molar-refractivity contribution in [2.45, 2.75) is 12.8 Å². The molecule has 1 aromatic carbocycles. The van der Waals surface area contributed by atoms with Crippen LogP contribution in [0.4, 0.5) is 20.3 Å². The first-order valence-electron chi connectivity index (χ1n) is 7.54. The first kappa shape index (κ1) is 16.0. The number of halogens is 3. The van der Waals surface area contributed by atoms with Gasteiger partial charge in [0.2, 0.25) is 0 Å². The molecule has 0 spiro atoms. The predicted octanol–water partition coefficient (Wildman–Crippen LogP) is 4.23. The van der Waals surface area contributed by atoms with Crippen molar-refractivity contribution in [1.82, 2.24) is 15.0 Å². The van der Waals surface area contributed by atoms with Gasteiger partial charge in [0.05, 0.1) is 5.52 Å². The van der Waals surface area contributed by atoms with Gasteiger partial charge in [-0.2, -0.15) is 0 Å². The first-order valence-corrected chi connectivity index (χ1v) is 8.33. The summed E-state index contributed by atoms with van der Waals surface area (Å²) in [4.78, 5) is 25.0. The Morgan fingerprint density at radius 3 is 2.88 bits per heavy atom. The lowest BCUT2D eigenvalue weighted by molar-refractivity contribution is 0.112. The Balaban J connectivity index is 1.96. The molecule has 3 heterocycles. The van der Waals surface area contributed by atoms with Crippen LogP contribution in [0.2, 0.25) is 0 Å². The summed E-state index contributed by atoms with van der Waals surface area (Å²) in [6, 6.07) is 7.20. The molecule has 4 rings (SSSR count). The van der Waals surface area contributed by atoms with Crippen LogP contribution in [0, 0.1) is 0 Å². The van der Waals surface area contributed by atoms with E-state index in [0.717, 1.165) is 22.1 Å². The van der Waals surface area contributed by atoms with E-state index in [1.807, 2.05) is 23.1 Å². The Bertz CT molecular complexity index is 996. The van der Waals surface area contributed by atoms with Gasteiger partial charge in [-0.05, 0) is 30.2 Å². The van der Waals surface area contributed by atoms with Crippen LogP contribution in [0.5, 0.6) is 0 Å². The Morgan fingerprint density at radius 1 is 1.28 bits per heavy atom. The minimum Gasteiger partial charge on any atom is -0.324 e. The highest BCUT2D eigenvalue weighted by Crippen LogP contribution is 2.39. The number of hydrogen-bond donors (Lipinski definition) is 0. The number of aromatic nitrogens is 3. The molecule has 5 nitrogen and oxygen atoms in total. The highest BCUT2D eigenvalue weighted by molar-refractivity contribution is 9.10. The molecule has 1 aliphatic heterocycles. The molecule has 0 unspecified atom stereocenters. The minimum absolute atomic E-state index is 0.230. The van der Waals surface area contributed by atoms with Gasteiger partial charge >= 0.3 is 0 Å². The third-order valence-corrected chi connectivity index (χ3v) is 4.86. The van der Waals surface area contributed by atoms with Crippen LogP contribution in [0.1, 0.15) is 28.2 Å². The Kier molecular flexibility index (Phi) is 3.91. The van der Waals surface area contributed by atoms with Gasteiger partial charge in [0, 0.05) is 28.5 Å². The fraction of sp³-hybridized carbons (Fsp3) is 0.176. The van der Waals surface area contributed by atoms with E-state index in [2.05, 4.69) is 30.9 Å². The molecule has 0 radical (unpaired) electrons. The zero-order valence-corrected chi connectivity index (χ0v) is 14.4. The summed E-state index contributed by atoms with van der Waals surface area (Å²) in [5, 5.41) is 0. The maximum Gasteiger partial charge on any atom is 0.297 e. The van der Waals surface area contributed by atoms with Crippen molar-refractivity contribution in [3.8, 4) is 0 Å². The quantitative estimate of drug-likeness (QED) is 0.611. The van der Waals surface area contributed by atoms with Crippen molar-refractivity contribution in [2.75, 3.05) is 11.4 Å². The lowest BCUT2D eigenvalue weighted by atomic mass is 10.2. The molecule has 126 valence electrons.